The van der Waals surface area contributed by atoms with Crippen molar-refractivity contribution < 1.29 is 17.5 Å². The van der Waals surface area contributed by atoms with Crippen molar-refractivity contribution in [1.82, 2.24) is 24.5 Å². The monoisotopic (exact) mass is 466 g/mol. The van der Waals surface area contributed by atoms with Crippen LogP contribution in [0.5, 0.6) is 0 Å². The Morgan fingerprint density at radius 3 is 2.69 bits per heavy atom. The lowest BCUT2D eigenvalue weighted by molar-refractivity contribution is 0.00599. The van der Waals surface area contributed by atoms with Gasteiger partial charge in [0.05, 0.1) is 42.6 Å². The maximum atomic E-state index is 13.5. The molecule has 2 unspecified atom stereocenters. The second-order valence-electron chi connectivity index (χ2n) is 8.65. The summed E-state index contributed by atoms with van der Waals surface area (Å²) in [6.45, 7) is 5.53. The van der Waals surface area contributed by atoms with Gasteiger partial charge in [0.1, 0.15) is 0 Å². The Hall–Kier alpha value is -2.11. The Morgan fingerprint density at radius 2 is 2.03 bits per heavy atom. The van der Waals surface area contributed by atoms with Gasteiger partial charge in [0.15, 0.2) is 5.82 Å². The first-order valence-electron chi connectivity index (χ1n) is 11.1. The zero-order chi connectivity index (χ0) is 22.9. The lowest BCUT2D eigenvalue weighted by Crippen LogP contribution is -2.47. The highest BCUT2D eigenvalue weighted by molar-refractivity contribution is 7.88. The molecule has 2 aromatic heterocycles. The number of aryl methyl sites for hydroxylation is 3. The second kappa shape index (κ2) is 9.40. The van der Waals surface area contributed by atoms with Crippen molar-refractivity contribution in [3.63, 3.8) is 0 Å². The highest BCUT2D eigenvalue weighted by Gasteiger charge is 2.34. The molecule has 1 fully saturated rings. The van der Waals surface area contributed by atoms with E-state index in [1.165, 1.54) is 12.5 Å². The van der Waals surface area contributed by atoms with Crippen molar-refractivity contribution >= 4 is 16.0 Å². The van der Waals surface area contributed by atoms with Gasteiger partial charge in [-0.15, -0.1) is 0 Å². The largest absolute Gasteiger partial charge is 0.376 e. The molecule has 0 aliphatic carbocycles. The van der Waals surface area contributed by atoms with Gasteiger partial charge in [0.25, 0.3) is 0 Å². The summed E-state index contributed by atoms with van der Waals surface area (Å²) in [6, 6.07) is 1.67. The minimum atomic E-state index is -3.34. The summed E-state index contributed by atoms with van der Waals surface area (Å²) in [5.41, 5.74) is 2.48. The molecule has 2 aliphatic heterocycles. The lowest BCUT2D eigenvalue weighted by Gasteiger charge is -2.36. The average Bonchev–Trinajstić information content (AvgIpc) is 3.18. The van der Waals surface area contributed by atoms with Crippen molar-refractivity contribution in [3.05, 3.63) is 35.2 Å². The van der Waals surface area contributed by atoms with Gasteiger partial charge in [-0.1, -0.05) is 6.92 Å². The number of nitrogens with zero attached hydrogens (tertiary/aromatic N) is 5. The minimum absolute atomic E-state index is 0.0539. The molecule has 176 valence electrons. The molecule has 2 atom stereocenters. The Bertz CT molecular complexity index is 1050. The Kier molecular flexibility index (Phi) is 6.78. The number of nitrogens with one attached hydrogen (secondary N) is 1. The van der Waals surface area contributed by atoms with Crippen molar-refractivity contribution in [2.24, 2.45) is 0 Å². The molecule has 0 bridgehead atoms. The molecule has 4 heterocycles. The number of hydrogen-bond acceptors (Lipinski definition) is 7. The number of piperidine rings is 1. The number of aromatic nitrogens is 4. The van der Waals surface area contributed by atoms with Gasteiger partial charge < -0.3 is 9.64 Å². The number of halogens is 1. The molecule has 9 nitrogen and oxygen atoms in total. The molecular weight excluding hydrogens is 435 g/mol. The Balaban J connectivity index is 1.40. The number of rotatable bonds is 7. The quantitative estimate of drug-likeness (QED) is 0.663. The van der Waals surface area contributed by atoms with E-state index in [0.717, 1.165) is 56.6 Å². The lowest BCUT2D eigenvalue weighted by atomic mass is 9.98. The fourth-order valence-electron chi connectivity index (χ4n) is 4.45. The van der Waals surface area contributed by atoms with Crippen LogP contribution in [-0.2, 0) is 27.6 Å². The van der Waals surface area contributed by atoms with Crippen LogP contribution in [0.3, 0.4) is 0 Å². The fourth-order valence-corrected chi connectivity index (χ4v) is 5.28. The van der Waals surface area contributed by atoms with Crippen LogP contribution in [0.15, 0.2) is 12.3 Å². The third kappa shape index (κ3) is 5.26. The van der Waals surface area contributed by atoms with E-state index in [1.54, 1.807) is 6.92 Å². The number of sulfonamides is 1. The van der Waals surface area contributed by atoms with Gasteiger partial charge in [-0.25, -0.2) is 27.5 Å². The molecular formula is C21H31FN6O3S. The molecule has 2 aliphatic rings. The molecule has 32 heavy (non-hydrogen) atoms. The van der Waals surface area contributed by atoms with Gasteiger partial charge in [0.2, 0.25) is 16.0 Å². The highest BCUT2D eigenvalue weighted by Crippen LogP contribution is 2.28. The van der Waals surface area contributed by atoms with Crippen LogP contribution < -0.4 is 9.62 Å². The van der Waals surface area contributed by atoms with Crippen LogP contribution in [-0.4, -0.2) is 66.3 Å². The molecule has 0 aromatic carbocycles. The van der Waals surface area contributed by atoms with E-state index >= 15 is 0 Å². The SMILES string of the molecule is CCc1cc2n(n1)C(COC1CCN(c3ncc(F)c(C)n3)CC1)C(NS(C)(=O)=O)CC2. The summed E-state index contributed by atoms with van der Waals surface area (Å²) in [6.07, 6.45) is 6.38. The van der Waals surface area contributed by atoms with Crippen molar-refractivity contribution in [1.29, 1.82) is 0 Å². The number of ether oxygens (including phenoxy) is 1. The third-order valence-corrected chi connectivity index (χ3v) is 6.95. The van der Waals surface area contributed by atoms with Gasteiger partial charge in [-0.2, -0.15) is 5.10 Å². The molecule has 0 radical (unpaired) electrons. The first-order valence-corrected chi connectivity index (χ1v) is 13.0. The van der Waals surface area contributed by atoms with Crippen LogP contribution in [0.1, 0.15) is 49.3 Å². The predicted octanol–water partition coefficient (Wildman–Crippen LogP) is 1.77. The molecule has 0 spiro atoms. The molecule has 2 aromatic rings. The van der Waals surface area contributed by atoms with Gasteiger partial charge >= 0.3 is 0 Å². The van der Waals surface area contributed by atoms with Crippen LogP contribution in [0.2, 0.25) is 0 Å². The van der Waals surface area contributed by atoms with Gasteiger partial charge in [-0.05, 0) is 45.1 Å². The summed E-state index contributed by atoms with van der Waals surface area (Å²) in [7, 11) is -3.34. The van der Waals surface area contributed by atoms with E-state index in [0.29, 0.717) is 18.2 Å². The Labute approximate surface area is 188 Å². The van der Waals surface area contributed by atoms with Crippen molar-refractivity contribution in [3.8, 4) is 0 Å². The number of anilines is 1. The summed E-state index contributed by atoms with van der Waals surface area (Å²) in [4.78, 5) is 10.4. The van der Waals surface area contributed by atoms with E-state index in [4.69, 9.17) is 9.84 Å². The van der Waals surface area contributed by atoms with Gasteiger partial charge in [0, 0.05) is 24.8 Å². The predicted molar refractivity (Wildman–Crippen MR) is 119 cm³/mol. The summed E-state index contributed by atoms with van der Waals surface area (Å²) >= 11 is 0. The molecule has 1 saturated heterocycles. The summed E-state index contributed by atoms with van der Waals surface area (Å²) in [5, 5.41) is 4.71. The maximum absolute atomic E-state index is 13.5. The fraction of sp³-hybridized carbons (Fsp3) is 0.667. The highest BCUT2D eigenvalue weighted by atomic mass is 32.2. The zero-order valence-electron chi connectivity index (χ0n) is 18.8. The summed E-state index contributed by atoms with van der Waals surface area (Å²) in [5.74, 6) is 0.140. The number of fused-ring (bicyclic) bond motifs is 1. The van der Waals surface area contributed by atoms with Crippen LogP contribution in [0.4, 0.5) is 10.3 Å². The van der Waals surface area contributed by atoms with Crippen molar-refractivity contribution in [2.75, 3.05) is 30.9 Å². The van der Waals surface area contributed by atoms with E-state index in [9.17, 15) is 12.8 Å². The van der Waals surface area contributed by atoms with E-state index < -0.39 is 15.8 Å². The first-order chi connectivity index (χ1) is 15.2. The average molecular weight is 467 g/mol. The molecule has 1 N–H and O–H groups in total. The minimum Gasteiger partial charge on any atom is -0.376 e. The number of hydrogen-bond donors (Lipinski definition) is 1. The topological polar surface area (TPSA) is 102 Å². The Morgan fingerprint density at radius 1 is 1.28 bits per heavy atom. The first kappa shape index (κ1) is 23.1. The standard InChI is InChI=1S/C21H31FN6O3S/c1-4-15-11-16-5-6-19(26-32(3,29)30)20(28(16)25-15)13-31-17-7-9-27(10-8-17)21-23-12-18(22)14(2)24-21/h11-12,17,19-20,26H,4-10,13H2,1-3H3. The smallest absolute Gasteiger partial charge is 0.225 e. The normalized spacial score (nSPS) is 22.2. The van der Waals surface area contributed by atoms with Gasteiger partial charge in [-0.3, -0.25) is 4.68 Å². The second-order valence-corrected chi connectivity index (χ2v) is 10.4. The molecule has 0 saturated carbocycles. The van der Waals surface area contributed by atoms with Crippen LogP contribution >= 0.6 is 0 Å². The van der Waals surface area contributed by atoms with Crippen LogP contribution in [0, 0.1) is 12.7 Å². The summed E-state index contributed by atoms with van der Waals surface area (Å²) < 4.78 is 48.3. The maximum Gasteiger partial charge on any atom is 0.225 e. The zero-order valence-corrected chi connectivity index (χ0v) is 19.6. The van der Waals surface area contributed by atoms with E-state index in [2.05, 4.69) is 27.7 Å². The molecule has 4 rings (SSSR count). The van der Waals surface area contributed by atoms with E-state index in [-0.39, 0.29) is 18.2 Å². The van der Waals surface area contributed by atoms with Crippen LogP contribution in [0.25, 0.3) is 0 Å². The molecule has 0 amide bonds. The van der Waals surface area contributed by atoms with Crippen molar-refractivity contribution in [2.45, 2.75) is 64.1 Å². The third-order valence-electron chi connectivity index (χ3n) is 6.22. The molecule has 11 heteroatoms. The van der Waals surface area contributed by atoms with E-state index in [1.807, 2.05) is 9.58 Å².